The van der Waals surface area contributed by atoms with Crippen LogP contribution in [0.1, 0.15) is 78.1 Å². The van der Waals surface area contributed by atoms with Gasteiger partial charge in [0, 0.05) is 6.61 Å². The lowest BCUT2D eigenvalue weighted by atomic mass is 10.1. The molecule has 0 saturated carbocycles. The second-order valence-electron chi connectivity index (χ2n) is 8.08. The van der Waals surface area contributed by atoms with E-state index < -0.39 is 0 Å². The van der Waals surface area contributed by atoms with Gasteiger partial charge in [-0.15, -0.1) is 0 Å². The highest BCUT2D eigenvalue weighted by molar-refractivity contribution is 4.47. The first-order valence-electron chi connectivity index (χ1n) is 13.6. The smallest absolute Gasteiger partial charge is 0.106 e. The normalized spacial score (nSPS) is 11.5. The first kappa shape index (κ1) is 33.7. The maximum atomic E-state index is 5.46. The molecule has 0 fully saturated rings. The van der Waals surface area contributed by atoms with Crippen LogP contribution in [0.2, 0.25) is 0 Å². The Kier molecular flexibility index (Phi) is 32.4. The molecule has 8 nitrogen and oxygen atoms in total. The summed E-state index contributed by atoms with van der Waals surface area (Å²) in [4.78, 5) is 10.3. The van der Waals surface area contributed by atoms with Crippen molar-refractivity contribution in [3.8, 4) is 0 Å². The summed E-state index contributed by atoms with van der Waals surface area (Å²) < 4.78 is 32.3. The van der Waals surface area contributed by atoms with Crippen LogP contribution in [0.4, 0.5) is 0 Å². The van der Waals surface area contributed by atoms with Crippen molar-refractivity contribution in [1.82, 2.24) is 0 Å². The zero-order valence-corrected chi connectivity index (χ0v) is 22.2. The first-order valence-corrected chi connectivity index (χ1v) is 13.6. The van der Waals surface area contributed by atoms with Crippen LogP contribution in [0, 0.1) is 0 Å². The Hall–Kier alpha value is -0.320. The maximum Gasteiger partial charge on any atom is 0.106 e. The van der Waals surface area contributed by atoms with Gasteiger partial charge >= 0.3 is 0 Å². The molecule has 0 radical (unpaired) electrons. The maximum absolute atomic E-state index is 5.46. The van der Waals surface area contributed by atoms with Crippen LogP contribution in [0.3, 0.4) is 0 Å². The van der Waals surface area contributed by atoms with E-state index in [1.807, 2.05) is 6.92 Å². The molecule has 0 atom stereocenters. The van der Waals surface area contributed by atoms with Crippen molar-refractivity contribution >= 4 is 0 Å². The molecule has 0 rings (SSSR count). The topological polar surface area (TPSA) is 73.8 Å². The van der Waals surface area contributed by atoms with E-state index in [1.54, 1.807) is 0 Å². The number of ether oxygens (including phenoxy) is 6. The molecule has 8 heteroatoms. The molecule has 0 aliphatic rings. The fraction of sp³-hybridized carbons (Fsp3) is 1.00. The van der Waals surface area contributed by atoms with Crippen LogP contribution in [0.15, 0.2) is 0 Å². The molecule has 0 aliphatic heterocycles. The van der Waals surface area contributed by atoms with Crippen molar-refractivity contribution in [2.24, 2.45) is 0 Å². The van der Waals surface area contributed by atoms with Gasteiger partial charge < -0.3 is 28.4 Å². The molecule has 0 heterocycles. The number of hydrogen-bond acceptors (Lipinski definition) is 8. The van der Waals surface area contributed by atoms with Crippen LogP contribution < -0.4 is 0 Å². The lowest BCUT2D eigenvalue weighted by Crippen LogP contribution is -2.14. The molecule has 34 heavy (non-hydrogen) atoms. The Balaban J connectivity index is 2.99. The Labute approximate surface area is 209 Å². The summed E-state index contributed by atoms with van der Waals surface area (Å²) >= 11 is 0. The van der Waals surface area contributed by atoms with Crippen LogP contribution in [-0.2, 0) is 38.2 Å². The highest BCUT2D eigenvalue weighted by Crippen LogP contribution is 2.10. The van der Waals surface area contributed by atoms with E-state index >= 15 is 0 Å². The molecule has 206 valence electrons. The van der Waals surface area contributed by atoms with E-state index in [9.17, 15) is 0 Å². The summed E-state index contributed by atoms with van der Waals surface area (Å²) in [5.74, 6) is 0. The predicted molar refractivity (Wildman–Crippen MR) is 134 cm³/mol. The third-order valence-electron chi connectivity index (χ3n) is 5.04. The monoisotopic (exact) mass is 494 g/mol. The van der Waals surface area contributed by atoms with Gasteiger partial charge in [-0.1, -0.05) is 64.7 Å². The van der Waals surface area contributed by atoms with Crippen LogP contribution in [0.5, 0.6) is 0 Å². The van der Waals surface area contributed by atoms with Crippen molar-refractivity contribution in [2.75, 3.05) is 92.5 Å². The summed E-state index contributed by atoms with van der Waals surface area (Å²) in [5.41, 5.74) is 0. The van der Waals surface area contributed by atoms with E-state index in [0.29, 0.717) is 85.9 Å². The fourth-order valence-corrected chi connectivity index (χ4v) is 3.10. The van der Waals surface area contributed by atoms with E-state index in [-0.39, 0.29) is 0 Å². The van der Waals surface area contributed by atoms with Gasteiger partial charge in [0.25, 0.3) is 0 Å². The minimum atomic E-state index is 0.443. The second-order valence-corrected chi connectivity index (χ2v) is 8.08. The molecule has 0 aromatic heterocycles. The Bertz CT molecular complexity index is 315. The highest BCUT2D eigenvalue weighted by atomic mass is 17.2. The standard InChI is InChI=1S/C26H54O8/c1-3-5-6-7-8-9-10-11-12-13-14-33-34-26-25-32-24-23-31-22-21-30-20-19-29-18-17-28-16-15-27-4-2/h3-26H2,1-2H3. The molecule has 0 aliphatic carbocycles. The Morgan fingerprint density at radius 2 is 0.618 bits per heavy atom. The molecular formula is C26H54O8. The Morgan fingerprint density at radius 3 is 1.03 bits per heavy atom. The van der Waals surface area contributed by atoms with Gasteiger partial charge in [-0.25, -0.2) is 9.78 Å². The predicted octanol–water partition coefficient (Wildman–Crippen LogP) is 4.98. The summed E-state index contributed by atoms with van der Waals surface area (Å²) in [6.45, 7) is 12.2. The van der Waals surface area contributed by atoms with Gasteiger partial charge in [0.15, 0.2) is 0 Å². The average molecular weight is 495 g/mol. The Morgan fingerprint density at radius 1 is 0.294 bits per heavy atom. The van der Waals surface area contributed by atoms with Crippen LogP contribution in [-0.4, -0.2) is 92.5 Å². The van der Waals surface area contributed by atoms with E-state index in [2.05, 4.69) is 6.92 Å². The van der Waals surface area contributed by atoms with Gasteiger partial charge in [0.1, 0.15) is 6.61 Å². The van der Waals surface area contributed by atoms with E-state index in [4.69, 9.17) is 38.2 Å². The minimum absolute atomic E-state index is 0.443. The minimum Gasteiger partial charge on any atom is -0.379 e. The molecule has 0 aromatic rings. The van der Waals surface area contributed by atoms with Crippen molar-refractivity contribution in [1.29, 1.82) is 0 Å². The molecule has 0 N–H and O–H groups in total. The number of hydrogen-bond donors (Lipinski definition) is 0. The summed E-state index contributed by atoms with van der Waals surface area (Å²) in [6.07, 6.45) is 13.2. The van der Waals surface area contributed by atoms with Gasteiger partial charge in [0.2, 0.25) is 0 Å². The molecule has 0 amide bonds. The van der Waals surface area contributed by atoms with E-state index in [0.717, 1.165) is 13.0 Å². The van der Waals surface area contributed by atoms with Gasteiger partial charge in [-0.3, -0.25) is 0 Å². The largest absolute Gasteiger partial charge is 0.379 e. The van der Waals surface area contributed by atoms with Crippen LogP contribution in [0.25, 0.3) is 0 Å². The zero-order chi connectivity index (χ0) is 24.6. The quantitative estimate of drug-likeness (QED) is 0.0759. The van der Waals surface area contributed by atoms with Crippen molar-refractivity contribution < 1.29 is 38.2 Å². The average Bonchev–Trinajstić information content (AvgIpc) is 2.85. The van der Waals surface area contributed by atoms with Crippen molar-refractivity contribution in [3.05, 3.63) is 0 Å². The molecule has 0 bridgehead atoms. The lowest BCUT2D eigenvalue weighted by molar-refractivity contribution is -0.299. The van der Waals surface area contributed by atoms with Crippen molar-refractivity contribution in [2.45, 2.75) is 78.1 Å². The SMILES string of the molecule is CCCCCCCCCCCCOOCCOCCOCCOCCOCCOCCOCC. The summed E-state index contributed by atoms with van der Waals surface area (Å²) in [5, 5.41) is 0. The van der Waals surface area contributed by atoms with E-state index in [1.165, 1.54) is 57.8 Å². The lowest BCUT2D eigenvalue weighted by Gasteiger charge is -2.08. The summed E-state index contributed by atoms with van der Waals surface area (Å²) in [6, 6.07) is 0. The highest BCUT2D eigenvalue weighted by Gasteiger charge is 1.96. The number of rotatable bonds is 31. The van der Waals surface area contributed by atoms with Gasteiger partial charge in [-0.05, 0) is 13.3 Å². The number of unbranched alkanes of at least 4 members (excludes halogenated alkanes) is 9. The fourth-order valence-electron chi connectivity index (χ4n) is 3.10. The molecular weight excluding hydrogens is 440 g/mol. The molecule has 0 spiro atoms. The molecule has 0 unspecified atom stereocenters. The molecule has 0 saturated heterocycles. The zero-order valence-electron chi connectivity index (χ0n) is 22.2. The van der Waals surface area contributed by atoms with Crippen LogP contribution >= 0.6 is 0 Å². The second kappa shape index (κ2) is 32.7. The first-order chi connectivity index (χ1) is 16.9. The van der Waals surface area contributed by atoms with Crippen molar-refractivity contribution in [3.63, 3.8) is 0 Å². The summed E-state index contributed by atoms with van der Waals surface area (Å²) in [7, 11) is 0. The molecule has 0 aromatic carbocycles. The third kappa shape index (κ3) is 31.7. The third-order valence-corrected chi connectivity index (χ3v) is 5.04. The van der Waals surface area contributed by atoms with Gasteiger partial charge in [0.05, 0.1) is 79.3 Å². The van der Waals surface area contributed by atoms with Gasteiger partial charge in [-0.2, -0.15) is 0 Å².